The molecule has 3 aromatic rings. The van der Waals surface area contributed by atoms with Gasteiger partial charge in [-0.05, 0) is 54.8 Å². The first-order chi connectivity index (χ1) is 20.3. The fraction of sp³-hybridized carbons (Fsp3) is 0.367. The Balaban J connectivity index is 1.82. The fourth-order valence-electron chi connectivity index (χ4n) is 4.54. The molecule has 0 spiro atoms. The maximum Gasteiger partial charge on any atom is 0.338 e. The molecule has 11 nitrogen and oxygen atoms in total. The number of nitro benzene ring substituents is 1. The number of fused-ring (bicyclic) bond motifs is 1. The summed E-state index contributed by atoms with van der Waals surface area (Å²) in [5, 5.41) is 11.0. The van der Waals surface area contributed by atoms with Crippen molar-refractivity contribution in [2.45, 2.75) is 39.2 Å². The Hall–Kier alpha value is -4.29. The molecule has 1 aliphatic heterocycles. The Kier molecular flexibility index (Phi) is 10.3. The summed E-state index contributed by atoms with van der Waals surface area (Å²) in [5.41, 5.74) is 1.46. The number of allylic oxidation sites excluding steroid dienone is 1. The van der Waals surface area contributed by atoms with E-state index >= 15 is 0 Å². The summed E-state index contributed by atoms with van der Waals surface area (Å²) < 4.78 is 23.9. The Labute approximate surface area is 246 Å². The van der Waals surface area contributed by atoms with Gasteiger partial charge in [0.05, 0.1) is 47.1 Å². The van der Waals surface area contributed by atoms with Crippen LogP contribution in [0.25, 0.3) is 6.08 Å². The maximum absolute atomic E-state index is 13.9. The Morgan fingerprint density at radius 1 is 1.10 bits per heavy atom. The van der Waals surface area contributed by atoms with E-state index in [1.165, 1.54) is 42.3 Å². The van der Waals surface area contributed by atoms with E-state index in [2.05, 4.69) is 11.9 Å². The number of hydrogen-bond donors (Lipinski definition) is 0. The number of rotatable bonds is 13. The van der Waals surface area contributed by atoms with Crippen LogP contribution in [0.5, 0.6) is 11.5 Å². The number of unbranched alkanes of at least 4 members (excludes halogenated alkanes) is 2. The van der Waals surface area contributed by atoms with E-state index in [-0.39, 0.29) is 30.0 Å². The second-order valence-corrected chi connectivity index (χ2v) is 10.5. The second-order valence-electron chi connectivity index (χ2n) is 9.53. The number of carbonyl (C=O) groups excluding carboxylic acids is 1. The third-order valence-corrected chi connectivity index (χ3v) is 7.66. The molecule has 1 aromatic heterocycles. The highest BCUT2D eigenvalue weighted by molar-refractivity contribution is 7.07. The number of aromatic nitrogens is 1. The van der Waals surface area contributed by atoms with Gasteiger partial charge in [0.15, 0.2) is 16.3 Å². The molecule has 0 saturated heterocycles. The van der Waals surface area contributed by atoms with Crippen molar-refractivity contribution >= 4 is 29.1 Å². The topological polar surface area (TPSA) is 131 Å². The number of hydrogen-bond acceptors (Lipinski definition) is 10. The summed E-state index contributed by atoms with van der Waals surface area (Å²) in [5.74, 6) is 0.424. The molecule has 12 heteroatoms. The van der Waals surface area contributed by atoms with E-state index in [4.69, 9.17) is 18.9 Å². The first-order valence-corrected chi connectivity index (χ1v) is 14.3. The van der Waals surface area contributed by atoms with Gasteiger partial charge in [0.1, 0.15) is 6.61 Å². The van der Waals surface area contributed by atoms with Gasteiger partial charge in [-0.15, -0.1) is 0 Å². The number of esters is 1. The summed E-state index contributed by atoms with van der Waals surface area (Å²) in [6.07, 6.45) is 4.68. The average molecular weight is 596 g/mol. The van der Waals surface area contributed by atoms with Crippen LogP contribution in [0.4, 0.5) is 5.69 Å². The lowest BCUT2D eigenvalue weighted by atomic mass is 9.95. The maximum atomic E-state index is 13.9. The fourth-order valence-corrected chi connectivity index (χ4v) is 5.59. The molecule has 2 heterocycles. The molecule has 0 amide bonds. The molecular formula is C30H33N3O8S. The zero-order valence-electron chi connectivity index (χ0n) is 24.0. The largest absolute Gasteiger partial charge is 0.493 e. The first-order valence-electron chi connectivity index (χ1n) is 13.5. The molecule has 0 saturated carbocycles. The lowest BCUT2D eigenvalue weighted by Crippen LogP contribution is -2.40. The first kappa shape index (κ1) is 30.7. The molecule has 0 bridgehead atoms. The molecule has 0 aliphatic carbocycles. The number of non-ortho nitro benzene ring substituents is 1. The Bertz CT molecular complexity index is 1660. The smallest absolute Gasteiger partial charge is 0.338 e. The quantitative estimate of drug-likeness (QED) is 0.126. The highest BCUT2D eigenvalue weighted by Gasteiger charge is 2.34. The SMILES string of the molecule is CCCCCOc1ccc(C2C(C(=O)OCCOC)=C(C)N=c3s/c(=C\c4ccc([N+](=O)[O-])cc4)c(=O)n32)cc1OC. The summed E-state index contributed by atoms with van der Waals surface area (Å²) in [6, 6.07) is 10.4. The predicted molar refractivity (Wildman–Crippen MR) is 158 cm³/mol. The monoisotopic (exact) mass is 595 g/mol. The van der Waals surface area contributed by atoms with E-state index in [1.54, 1.807) is 43.3 Å². The number of benzene rings is 2. The standard InChI is InChI=1S/C30H33N3O8S/c1-5-6-7-14-40-23-13-10-21(18-24(23)39-4)27-26(29(35)41-16-15-38-3)19(2)31-30-32(27)28(34)25(42-30)17-20-8-11-22(12-9-20)33(36)37/h8-13,17-18,27H,5-7,14-16H2,1-4H3/b25-17-. The molecule has 1 unspecified atom stereocenters. The number of nitrogens with zero attached hydrogens (tertiary/aromatic N) is 3. The third-order valence-electron chi connectivity index (χ3n) is 6.67. The van der Waals surface area contributed by atoms with Crippen LogP contribution in [0.2, 0.25) is 0 Å². The molecule has 2 aromatic carbocycles. The van der Waals surface area contributed by atoms with E-state index in [9.17, 15) is 19.7 Å². The minimum absolute atomic E-state index is 0.0389. The van der Waals surface area contributed by atoms with Crippen LogP contribution in [0.15, 0.2) is 63.5 Å². The Morgan fingerprint density at radius 2 is 1.86 bits per heavy atom. The van der Waals surface area contributed by atoms with Crippen molar-refractivity contribution in [3.05, 3.63) is 94.7 Å². The molecule has 1 aliphatic rings. The van der Waals surface area contributed by atoms with Crippen molar-refractivity contribution in [2.24, 2.45) is 4.99 Å². The van der Waals surface area contributed by atoms with Crippen molar-refractivity contribution in [2.75, 3.05) is 34.0 Å². The third kappa shape index (κ3) is 6.77. The van der Waals surface area contributed by atoms with E-state index in [1.807, 2.05) is 0 Å². The normalized spacial score (nSPS) is 14.8. The zero-order valence-corrected chi connectivity index (χ0v) is 24.8. The van der Waals surface area contributed by atoms with Gasteiger partial charge in [0.2, 0.25) is 0 Å². The van der Waals surface area contributed by atoms with Crippen molar-refractivity contribution in [1.82, 2.24) is 4.57 Å². The molecule has 0 N–H and O–H groups in total. The molecule has 4 rings (SSSR count). The van der Waals surface area contributed by atoms with Gasteiger partial charge < -0.3 is 18.9 Å². The van der Waals surface area contributed by atoms with Crippen molar-refractivity contribution in [1.29, 1.82) is 0 Å². The van der Waals surface area contributed by atoms with Gasteiger partial charge in [-0.3, -0.25) is 19.5 Å². The highest BCUT2D eigenvalue weighted by atomic mass is 32.1. The molecule has 1 atom stereocenters. The molecule has 0 fully saturated rings. The number of thiazole rings is 1. The Morgan fingerprint density at radius 3 is 2.52 bits per heavy atom. The zero-order chi connectivity index (χ0) is 30.2. The summed E-state index contributed by atoms with van der Waals surface area (Å²) >= 11 is 1.17. The molecule has 222 valence electrons. The van der Waals surface area contributed by atoms with Gasteiger partial charge in [-0.25, -0.2) is 9.79 Å². The number of ether oxygens (including phenoxy) is 4. The van der Waals surface area contributed by atoms with Crippen LogP contribution < -0.4 is 24.4 Å². The summed E-state index contributed by atoms with van der Waals surface area (Å²) in [4.78, 5) is 42.8. The van der Waals surface area contributed by atoms with Crippen LogP contribution >= 0.6 is 11.3 Å². The van der Waals surface area contributed by atoms with Crippen LogP contribution in [-0.4, -0.2) is 49.5 Å². The van der Waals surface area contributed by atoms with E-state index < -0.39 is 16.9 Å². The van der Waals surface area contributed by atoms with Gasteiger partial charge in [0.25, 0.3) is 11.2 Å². The summed E-state index contributed by atoms with van der Waals surface area (Å²) in [7, 11) is 3.05. The molecule has 0 radical (unpaired) electrons. The lowest BCUT2D eigenvalue weighted by molar-refractivity contribution is -0.384. The average Bonchev–Trinajstić information content (AvgIpc) is 3.28. The second kappa shape index (κ2) is 14.1. The van der Waals surface area contributed by atoms with Gasteiger partial charge in [-0.2, -0.15) is 0 Å². The number of nitro groups is 1. The number of carbonyl (C=O) groups is 1. The molecule has 42 heavy (non-hydrogen) atoms. The lowest BCUT2D eigenvalue weighted by Gasteiger charge is -2.25. The van der Waals surface area contributed by atoms with Gasteiger partial charge in [0, 0.05) is 19.2 Å². The van der Waals surface area contributed by atoms with Crippen molar-refractivity contribution < 1.29 is 28.7 Å². The highest BCUT2D eigenvalue weighted by Crippen LogP contribution is 2.36. The van der Waals surface area contributed by atoms with Crippen LogP contribution in [0, 0.1) is 10.1 Å². The predicted octanol–water partition coefficient (Wildman–Crippen LogP) is 3.91. The van der Waals surface area contributed by atoms with Gasteiger partial charge >= 0.3 is 5.97 Å². The number of methoxy groups -OCH3 is 2. The van der Waals surface area contributed by atoms with Gasteiger partial charge in [-0.1, -0.05) is 37.2 Å². The van der Waals surface area contributed by atoms with Crippen molar-refractivity contribution in [3.8, 4) is 11.5 Å². The van der Waals surface area contributed by atoms with Crippen LogP contribution in [0.1, 0.15) is 50.3 Å². The minimum atomic E-state index is -0.849. The van der Waals surface area contributed by atoms with E-state index in [0.29, 0.717) is 44.3 Å². The van der Waals surface area contributed by atoms with Crippen LogP contribution in [0.3, 0.4) is 0 Å². The molecular weight excluding hydrogens is 562 g/mol. The van der Waals surface area contributed by atoms with Crippen LogP contribution in [-0.2, 0) is 14.3 Å². The summed E-state index contributed by atoms with van der Waals surface area (Å²) in [6.45, 7) is 4.62. The minimum Gasteiger partial charge on any atom is -0.493 e. The van der Waals surface area contributed by atoms with Crippen molar-refractivity contribution in [3.63, 3.8) is 0 Å². The van der Waals surface area contributed by atoms with E-state index in [0.717, 1.165) is 19.3 Å².